The Morgan fingerprint density at radius 1 is 0.585 bits per heavy atom. The largest absolute Gasteiger partial charge is 0.461 e. The molecular formula is C56H96N3O6+. The van der Waals surface area contributed by atoms with Gasteiger partial charge in [0.05, 0.1) is 12.6 Å². The standard InChI is InChI=1S/C56H95N3O6/c1-4-6-8-10-12-14-16-18-20-22-24-26-28-30-35-39-54(61)64-48-53(65-55(62)40-36-31-29-27-25-23-21-19-17-15-13-11-9-7-5-2)56(63)59-46-45-58-47-50-41-43-51(44-42-50)52(60)38-34-32-33-37-49(3)57/h18-21,41-44,47,49,53H,4-17,22-40,45-46,48,57H2,1-3H3,(H,59,63)/p+1/b20-18-,21-19-,58-47?. The lowest BCUT2D eigenvalue weighted by atomic mass is 10.0. The second-order valence-corrected chi connectivity index (χ2v) is 18.4. The Hall–Kier alpha value is -3.59. The summed E-state index contributed by atoms with van der Waals surface area (Å²) in [6.45, 7) is 6.85. The molecule has 0 heterocycles. The van der Waals surface area contributed by atoms with Gasteiger partial charge in [-0.3, -0.25) is 24.2 Å². The number of allylic oxidation sites excluding steroid dienone is 4. The minimum Gasteiger partial charge on any atom is -0.461 e. The molecule has 0 saturated heterocycles. The molecule has 9 nitrogen and oxygen atoms in total. The first-order chi connectivity index (χ1) is 31.8. The van der Waals surface area contributed by atoms with Crippen molar-refractivity contribution in [1.82, 2.24) is 5.32 Å². The fourth-order valence-electron chi connectivity index (χ4n) is 7.68. The minimum absolute atomic E-state index is 0.149. The van der Waals surface area contributed by atoms with Gasteiger partial charge in [-0.1, -0.05) is 172 Å². The van der Waals surface area contributed by atoms with Crippen LogP contribution in [0.25, 0.3) is 0 Å². The smallest absolute Gasteiger partial charge is 0.306 e. The number of aliphatic imine (C=N–C) groups is 1. The highest BCUT2D eigenvalue weighted by Gasteiger charge is 2.24. The van der Waals surface area contributed by atoms with Gasteiger partial charge in [-0.05, 0) is 96.0 Å². The number of benzene rings is 1. The van der Waals surface area contributed by atoms with E-state index in [0.717, 1.165) is 102 Å². The van der Waals surface area contributed by atoms with E-state index in [-0.39, 0.29) is 37.7 Å². The van der Waals surface area contributed by atoms with Crippen LogP contribution in [0.4, 0.5) is 0 Å². The topological polar surface area (TPSA) is 139 Å². The summed E-state index contributed by atoms with van der Waals surface area (Å²) in [5.41, 5.74) is 5.58. The zero-order valence-corrected chi connectivity index (χ0v) is 41.9. The Morgan fingerprint density at radius 3 is 1.54 bits per heavy atom. The van der Waals surface area contributed by atoms with Crippen molar-refractivity contribution >= 4 is 29.8 Å². The molecule has 65 heavy (non-hydrogen) atoms. The summed E-state index contributed by atoms with van der Waals surface area (Å²) in [6, 6.07) is 7.85. The number of rotatable bonds is 45. The van der Waals surface area contributed by atoms with Crippen molar-refractivity contribution in [2.24, 2.45) is 4.99 Å². The van der Waals surface area contributed by atoms with Crippen molar-refractivity contribution in [2.75, 3.05) is 19.7 Å². The highest BCUT2D eigenvalue weighted by molar-refractivity contribution is 5.96. The number of quaternary nitrogens is 1. The lowest BCUT2D eigenvalue weighted by molar-refractivity contribution is -0.415. The number of unbranched alkanes of at least 4 members (excludes halogenated alkanes) is 24. The molecule has 370 valence electrons. The zero-order chi connectivity index (χ0) is 47.3. The maximum absolute atomic E-state index is 13.2. The van der Waals surface area contributed by atoms with Crippen molar-refractivity contribution in [3.63, 3.8) is 0 Å². The predicted molar refractivity (Wildman–Crippen MR) is 271 cm³/mol. The number of hydrogen-bond donors (Lipinski definition) is 2. The fourth-order valence-corrected chi connectivity index (χ4v) is 7.68. The van der Waals surface area contributed by atoms with Crippen molar-refractivity contribution in [2.45, 2.75) is 245 Å². The minimum atomic E-state index is -1.22. The average molecular weight is 907 g/mol. The number of ether oxygens (including phenoxy) is 2. The van der Waals surface area contributed by atoms with E-state index < -0.39 is 18.0 Å². The van der Waals surface area contributed by atoms with Crippen molar-refractivity contribution in [3.8, 4) is 0 Å². The number of carbonyl (C=O) groups is 4. The predicted octanol–water partition coefficient (Wildman–Crippen LogP) is 13.5. The van der Waals surface area contributed by atoms with Gasteiger partial charge in [-0.2, -0.15) is 0 Å². The summed E-state index contributed by atoms with van der Waals surface area (Å²) in [4.78, 5) is 55.7. The summed E-state index contributed by atoms with van der Waals surface area (Å²) in [6.07, 6.45) is 45.4. The second kappa shape index (κ2) is 44.3. The van der Waals surface area contributed by atoms with Crippen LogP contribution in [0.5, 0.6) is 0 Å². The van der Waals surface area contributed by atoms with Gasteiger partial charge in [0, 0.05) is 37.6 Å². The van der Waals surface area contributed by atoms with E-state index in [2.05, 4.69) is 61.1 Å². The molecule has 0 bridgehead atoms. The van der Waals surface area contributed by atoms with E-state index in [1.54, 1.807) is 6.21 Å². The number of hydrogen-bond acceptors (Lipinski definition) is 7. The van der Waals surface area contributed by atoms with Gasteiger partial charge in [0.15, 0.2) is 5.78 Å². The van der Waals surface area contributed by atoms with E-state index in [9.17, 15) is 19.2 Å². The lowest BCUT2D eigenvalue weighted by Gasteiger charge is -2.17. The van der Waals surface area contributed by atoms with Crippen LogP contribution in [0.3, 0.4) is 0 Å². The fraction of sp³-hybridized carbons (Fsp3) is 0.732. The highest BCUT2D eigenvalue weighted by atomic mass is 16.6. The molecule has 0 fully saturated rings. The van der Waals surface area contributed by atoms with Crippen LogP contribution in [0.2, 0.25) is 0 Å². The molecule has 1 amide bonds. The van der Waals surface area contributed by atoms with Crippen LogP contribution in [0.15, 0.2) is 53.6 Å². The lowest BCUT2D eigenvalue weighted by Crippen LogP contribution is -2.58. The molecule has 1 aromatic carbocycles. The SMILES string of the molecule is CCCCCCCC/C=C\CCCCCCCC(=O)OCC(OC(=O)CCCCCCC/C=C\CCCCCCCC)C(=O)NCCN=Cc1ccc(C(=O)CCCCCC(C)[NH3+])cc1. The highest BCUT2D eigenvalue weighted by Crippen LogP contribution is 2.14. The molecule has 0 aliphatic rings. The van der Waals surface area contributed by atoms with Crippen molar-refractivity contribution < 1.29 is 34.4 Å². The van der Waals surface area contributed by atoms with Gasteiger partial charge < -0.3 is 20.5 Å². The summed E-state index contributed by atoms with van der Waals surface area (Å²) in [7, 11) is 0. The third kappa shape index (κ3) is 38.2. The Labute approximate surface area is 397 Å². The van der Waals surface area contributed by atoms with E-state index in [1.165, 1.54) is 89.9 Å². The Morgan fingerprint density at radius 2 is 1.03 bits per heavy atom. The first kappa shape index (κ1) is 59.4. The van der Waals surface area contributed by atoms with Crippen LogP contribution in [0, 0.1) is 0 Å². The summed E-state index contributed by atoms with van der Waals surface area (Å²) in [5, 5.41) is 2.80. The number of esters is 2. The Bertz CT molecular complexity index is 1400. The van der Waals surface area contributed by atoms with Crippen LogP contribution >= 0.6 is 0 Å². The number of carbonyl (C=O) groups excluding carboxylic acids is 4. The van der Waals surface area contributed by atoms with Crippen LogP contribution in [-0.2, 0) is 23.9 Å². The first-order valence-electron chi connectivity index (χ1n) is 26.7. The molecule has 9 heteroatoms. The second-order valence-electron chi connectivity index (χ2n) is 18.4. The molecular weight excluding hydrogens is 811 g/mol. The molecule has 2 atom stereocenters. The Balaban J connectivity index is 2.47. The Kier molecular flexibility index (Phi) is 40.5. The third-order valence-corrected chi connectivity index (χ3v) is 11.9. The van der Waals surface area contributed by atoms with E-state index >= 15 is 0 Å². The molecule has 1 aromatic rings. The molecule has 1 rings (SSSR count). The molecule has 4 N–H and O–H groups in total. The number of ketones is 1. The van der Waals surface area contributed by atoms with Crippen molar-refractivity contribution in [3.05, 3.63) is 59.7 Å². The maximum atomic E-state index is 13.2. The summed E-state index contributed by atoms with van der Waals surface area (Å²) in [5.74, 6) is -1.20. The van der Waals surface area contributed by atoms with E-state index in [0.29, 0.717) is 31.0 Å². The van der Waals surface area contributed by atoms with E-state index in [1.807, 2.05) is 24.3 Å². The number of nitrogens with one attached hydrogen (secondary N) is 1. The maximum Gasteiger partial charge on any atom is 0.306 e. The van der Waals surface area contributed by atoms with Crippen molar-refractivity contribution in [1.29, 1.82) is 0 Å². The van der Waals surface area contributed by atoms with Crippen LogP contribution < -0.4 is 11.1 Å². The molecule has 2 unspecified atom stereocenters. The number of Topliss-reactive ketones (excluding diaryl/α,β-unsaturated/α-hetero) is 1. The summed E-state index contributed by atoms with van der Waals surface area (Å²) < 4.78 is 11.1. The summed E-state index contributed by atoms with van der Waals surface area (Å²) >= 11 is 0. The van der Waals surface area contributed by atoms with Gasteiger partial charge in [-0.15, -0.1) is 0 Å². The van der Waals surface area contributed by atoms with Gasteiger partial charge in [0.25, 0.3) is 5.91 Å². The third-order valence-electron chi connectivity index (χ3n) is 11.9. The molecule has 0 radical (unpaired) electrons. The van der Waals surface area contributed by atoms with Crippen LogP contribution in [0.1, 0.15) is 249 Å². The quantitative estimate of drug-likeness (QED) is 0.0220. The molecule has 0 spiro atoms. The average Bonchev–Trinajstić information content (AvgIpc) is 3.30. The normalized spacial score (nSPS) is 12.6. The van der Waals surface area contributed by atoms with Gasteiger partial charge in [0.1, 0.15) is 6.61 Å². The number of amides is 1. The molecule has 0 aliphatic carbocycles. The zero-order valence-electron chi connectivity index (χ0n) is 41.9. The number of nitrogens with zero attached hydrogens (tertiary/aromatic N) is 1. The molecule has 0 saturated carbocycles. The van der Waals surface area contributed by atoms with Gasteiger partial charge >= 0.3 is 11.9 Å². The van der Waals surface area contributed by atoms with Gasteiger partial charge in [0.2, 0.25) is 6.10 Å². The molecule has 0 aliphatic heterocycles. The molecule has 0 aromatic heterocycles. The van der Waals surface area contributed by atoms with Crippen LogP contribution in [-0.4, -0.2) is 61.7 Å². The van der Waals surface area contributed by atoms with E-state index in [4.69, 9.17) is 9.47 Å². The monoisotopic (exact) mass is 907 g/mol. The first-order valence-corrected chi connectivity index (χ1v) is 26.7. The van der Waals surface area contributed by atoms with Gasteiger partial charge in [-0.25, -0.2) is 0 Å².